The summed E-state index contributed by atoms with van der Waals surface area (Å²) in [6, 6.07) is 4.83. The van der Waals surface area contributed by atoms with E-state index in [1.54, 1.807) is 12.1 Å². The topological polar surface area (TPSA) is 15.3 Å². The highest BCUT2D eigenvalue weighted by atomic mass is 35.5. The van der Waals surface area contributed by atoms with Crippen LogP contribution in [0.3, 0.4) is 0 Å². The van der Waals surface area contributed by atoms with E-state index in [4.69, 9.17) is 11.6 Å². The fraction of sp³-hybridized carbons (Fsp3) is 0.571. The van der Waals surface area contributed by atoms with Gasteiger partial charge in [-0.25, -0.2) is 4.39 Å². The summed E-state index contributed by atoms with van der Waals surface area (Å²) in [5.41, 5.74) is 0.858. The lowest BCUT2D eigenvalue weighted by atomic mass is 9.87. The lowest BCUT2D eigenvalue weighted by molar-refractivity contribution is 0.130. The Morgan fingerprint density at radius 1 is 1.22 bits per heavy atom. The second-order valence-corrected chi connectivity index (χ2v) is 5.65. The SMILES string of the molecule is CN(C)C1(Nc2ccc(F)c(Cl)c2)CCCCC1. The molecule has 0 heterocycles. The van der Waals surface area contributed by atoms with Gasteiger partial charge in [0.05, 0.1) is 10.7 Å². The zero-order chi connectivity index (χ0) is 13.2. The Bertz CT molecular complexity index is 414. The molecule has 0 atom stereocenters. The highest BCUT2D eigenvalue weighted by Gasteiger charge is 2.33. The first-order valence-electron chi connectivity index (χ1n) is 6.44. The van der Waals surface area contributed by atoms with E-state index >= 15 is 0 Å². The number of anilines is 1. The van der Waals surface area contributed by atoms with Gasteiger partial charge in [-0.05, 0) is 58.0 Å². The van der Waals surface area contributed by atoms with Gasteiger partial charge in [0.1, 0.15) is 5.82 Å². The number of hydrogen-bond donors (Lipinski definition) is 1. The van der Waals surface area contributed by atoms with Gasteiger partial charge in [-0.15, -0.1) is 0 Å². The minimum absolute atomic E-state index is 0.0284. The fourth-order valence-electron chi connectivity index (χ4n) is 2.66. The van der Waals surface area contributed by atoms with Gasteiger partial charge >= 0.3 is 0 Å². The largest absolute Gasteiger partial charge is 0.367 e. The molecule has 1 N–H and O–H groups in total. The van der Waals surface area contributed by atoms with Crippen molar-refractivity contribution >= 4 is 17.3 Å². The van der Waals surface area contributed by atoms with Gasteiger partial charge in [-0.1, -0.05) is 18.0 Å². The quantitative estimate of drug-likeness (QED) is 0.832. The number of nitrogens with zero attached hydrogens (tertiary/aromatic N) is 1. The smallest absolute Gasteiger partial charge is 0.141 e. The van der Waals surface area contributed by atoms with Gasteiger partial charge in [-0.3, -0.25) is 4.90 Å². The van der Waals surface area contributed by atoms with E-state index in [0.717, 1.165) is 18.5 Å². The van der Waals surface area contributed by atoms with Gasteiger partial charge in [-0.2, -0.15) is 0 Å². The van der Waals surface area contributed by atoms with E-state index in [1.807, 2.05) is 0 Å². The summed E-state index contributed by atoms with van der Waals surface area (Å²) in [5, 5.41) is 3.71. The van der Waals surface area contributed by atoms with Crippen molar-refractivity contribution in [3.8, 4) is 0 Å². The maximum Gasteiger partial charge on any atom is 0.141 e. The van der Waals surface area contributed by atoms with Crippen LogP contribution in [-0.4, -0.2) is 24.7 Å². The van der Waals surface area contributed by atoms with Crippen LogP contribution in [-0.2, 0) is 0 Å². The third-order valence-corrected chi connectivity index (χ3v) is 4.12. The van der Waals surface area contributed by atoms with Crippen LogP contribution in [0.5, 0.6) is 0 Å². The molecule has 0 spiro atoms. The van der Waals surface area contributed by atoms with Crippen molar-refractivity contribution in [3.63, 3.8) is 0 Å². The van der Waals surface area contributed by atoms with Crippen molar-refractivity contribution in [1.82, 2.24) is 4.90 Å². The van der Waals surface area contributed by atoms with Crippen LogP contribution in [0.1, 0.15) is 32.1 Å². The van der Waals surface area contributed by atoms with Crippen LogP contribution < -0.4 is 5.32 Å². The number of hydrogen-bond acceptors (Lipinski definition) is 2. The minimum atomic E-state index is -0.371. The summed E-state index contributed by atoms with van der Waals surface area (Å²) in [4.78, 5) is 2.23. The Morgan fingerprint density at radius 2 is 1.89 bits per heavy atom. The predicted octanol–water partition coefficient (Wildman–Crippen LogP) is 4.11. The molecule has 0 bridgehead atoms. The summed E-state index contributed by atoms with van der Waals surface area (Å²) in [5.74, 6) is -0.371. The summed E-state index contributed by atoms with van der Waals surface area (Å²) in [6.45, 7) is 0. The van der Waals surface area contributed by atoms with Crippen molar-refractivity contribution in [2.75, 3.05) is 19.4 Å². The molecule has 0 amide bonds. The number of benzene rings is 1. The van der Waals surface area contributed by atoms with E-state index in [-0.39, 0.29) is 16.5 Å². The molecule has 2 nitrogen and oxygen atoms in total. The molecule has 1 aromatic carbocycles. The molecule has 1 saturated carbocycles. The third-order valence-electron chi connectivity index (χ3n) is 3.83. The zero-order valence-corrected chi connectivity index (χ0v) is 11.7. The van der Waals surface area contributed by atoms with Crippen molar-refractivity contribution in [3.05, 3.63) is 29.0 Å². The lowest BCUT2D eigenvalue weighted by Gasteiger charge is -2.44. The van der Waals surface area contributed by atoms with Crippen molar-refractivity contribution in [2.24, 2.45) is 0 Å². The average molecular weight is 271 g/mol. The Balaban J connectivity index is 2.20. The van der Waals surface area contributed by atoms with Gasteiger partial charge in [0.25, 0.3) is 0 Å². The van der Waals surface area contributed by atoms with Crippen LogP contribution in [0.15, 0.2) is 18.2 Å². The Labute approximate surface area is 113 Å². The molecule has 0 aromatic heterocycles. The molecule has 0 aliphatic heterocycles. The standard InChI is InChI=1S/C14H20ClFN2/c1-18(2)14(8-4-3-5-9-14)17-11-6-7-13(16)12(15)10-11/h6-7,10,17H,3-5,8-9H2,1-2H3. The summed E-state index contributed by atoms with van der Waals surface area (Å²) >= 11 is 5.83. The van der Waals surface area contributed by atoms with Crippen molar-refractivity contribution in [2.45, 2.75) is 37.8 Å². The average Bonchev–Trinajstić information content (AvgIpc) is 2.35. The summed E-state index contributed by atoms with van der Waals surface area (Å²) < 4.78 is 13.2. The molecule has 1 aromatic rings. The summed E-state index contributed by atoms with van der Waals surface area (Å²) in [6.07, 6.45) is 5.95. The number of nitrogens with one attached hydrogen (secondary N) is 1. The van der Waals surface area contributed by atoms with E-state index in [1.165, 1.54) is 25.3 Å². The summed E-state index contributed by atoms with van der Waals surface area (Å²) in [7, 11) is 4.17. The second kappa shape index (κ2) is 5.45. The van der Waals surface area contributed by atoms with E-state index in [2.05, 4.69) is 24.3 Å². The van der Waals surface area contributed by atoms with Gasteiger partial charge in [0, 0.05) is 5.69 Å². The van der Waals surface area contributed by atoms with Crippen LogP contribution in [0.25, 0.3) is 0 Å². The Kier molecular flexibility index (Phi) is 4.13. The van der Waals surface area contributed by atoms with E-state index in [9.17, 15) is 4.39 Å². The molecule has 0 unspecified atom stereocenters. The minimum Gasteiger partial charge on any atom is -0.367 e. The molecule has 2 rings (SSSR count). The number of halogens is 2. The molecule has 1 aliphatic rings. The van der Waals surface area contributed by atoms with E-state index < -0.39 is 0 Å². The molecule has 0 radical (unpaired) electrons. The highest BCUT2D eigenvalue weighted by molar-refractivity contribution is 6.31. The van der Waals surface area contributed by atoms with Crippen LogP contribution >= 0.6 is 11.6 Å². The molecule has 18 heavy (non-hydrogen) atoms. The molecule has 0 saturated heterocycles. The third kappa shape index (κ3) is 2.78. The molecular formula is C14H20ClFN2. The molecular weight excluding hydrogens is 251 g/mol. The van der Waals surface area contributed by atoms with Gasteiger partial charge in [0.15, 0.2) is 0 Å². The fourth-order valence-corrected chi connectivity index (χ4v) is 2.84. The molecule has 1 aliphatic carbocycles. The van der Waals surface area contributed by atoms with Gasteiger partial charge in [0.2, 0.25) is 0 Å². The van der Waals surface area contributed by atoms with Crippen LogP contribution in [0, 0.1) is 5.82 Å². The van der Waals surface area contributed by atoms with E-state index in [0.29, 0.717) is 0 Å². The maximum absolute atomic E-state index is 13.2. The van der Waals surface area contributed by atoms with Gasteiger partial charge < -0.3 is 5.32 Å². The maximum atomic E-state index is 13.2. The van der Waals surface area contributed by atoms with Crippen molar-refractivity contribution < 1.29 is 4.39 Å². The van der Waals surface area contributed by atoms with Crippen LogP contribution in [0.2, 0.25) is 5.02 Å². The lowest BCUT2D eigenvalue weighted by Crippen LogP contribution is -2.52. The predicted molar refractivity (Wildman–Crippen MR) is 74.5 cm³/mol. The molecule has 4 heteroatoms. The first-order valence-corrected chi connectivity index (χ1v) is 6.82. The van der Waals surface area contributed by atoms with Crippen molar-refractivity contribution in [1.29, 1.82) is 0 Å². The molecule has 100 valence electrons. The normalized spacial score (nSPS) is 18.9. The monoisotopic (exact) mass is 270 g/mol. The number of rotatable bonds is 3. The molecule has 1 fully saturated rings. The Morgan fingerprint density at radius 3 is 2.44 bits per heavy atom. The first-order chi connectivity index (χ1) is 8.53. The Hall–Kier alpha value is -0.800. The van der Waals surface area contributed by atoms with Crippen LogP contribution in [0.4, 0.5) is 10.1 Å². The second-order valence-electron chi connectivity index (χ2n) is 5.24. The highest BCUT2D eigenvalue weighted by Crippen LogP contribution is 2.34. The zero-order valence-electron chi connectivity index (χ0n) is 11.0. The first kappa shape index (κ1) is 13.6.